The third kappa shape index (κ3) is 3.34. The molecule has 0 fully saturated rings. The molecule has 1 heterocycles. The molecule has 7 heteroatoms. The molecule has 1 N–H and O–H groups in total. The van der Waals surface area contributed by atoms with Gasteiger partial charge >= 0.3 is 0 Å². The Labute approximate surface area is 169 Å². The Hall–Kier alpha value is -3.32. The fourth-order valence-corrected chi connectivity index (χ4v) is 3.70. The van der Waals surface area contributed by atoms with Gasteiger partial charge in [-0.2, -0.15) is 10.2 Å². The average Bonchev–Trinajstić information content (AvgIpc) is 3.22. The van der Waals surface area contributed by atoms with Crippen LogP contribution in [-0.4, -0.2) is 51.3 Å². The molecular formula is C22H23N5O2. The quantitative estimate of drug-likeness (QED) is 0.851. The minimum atomic E-state index is -0.410. The lowest BCUT2D eigenvalue weighted by Gasteiger charge is -2.13. The summed E-state index contributed by atoms with van der Waals surface area (Å²) in [6.45, 7) is 0.243. The van der Waals surface area contributed by atoms with E-state index < -0.39 is 6.04 Å². The Morgan fingerprint density at radius 1 is 1.07 bits per heavy atom. The van der Waals surface area contributed by atoms with Crippen molar-refractivity contribution in [3.63, 3.8) is 0 Å². The van der Waals surface area contributed by atoms with Gasteiger partial charge in [0.2, 0.25) is 5.91 Å². The molecule has 4 rings (SSSR count). The highest BCUT2D eigenvalue weighted by molar-refractivity contribution is 6.22. The largest absolute Gasteiger partial charge is 0.378 e. The molecule has 1 amide bonds. The summed E-state index contributed by atoms with van der Waals surface area (Å²) in [5.41, 5.74) is 4.93. The van der Waals surface area contributed by atoms with Crippen LogP contribution < -0.4 is 10.2 Å². The van der Waals surface area contributed by atoms with Gasteiger partial charge in [-0.1, -0.05) is 24.3 Å². The van der Waals surface area contributed by atoms with Crippen molar-refractivity contribution < 1.29 is 9.59 Å². The second kappa shape index (κ2) is 7.25. The predicted molar refractivity (Wildman–Crippen MR) is 113 cm³/mol. The molecule has 2 aromatic carbocycles. The molecule has 0 radical (unpaired) electrons. The maximum Gasteiger partial charge on any atom is 0.238 e. The maximum atomic E-state index is 13.3. The summed E-state index contributed by atoms with van der Waals surface area (Å²) in [7, 11) is 7.60. The number of anilines is 2. The summed E-state index contributed by atoms with van der Waals surface area (Å²) in [6.07, 6.45) is 0. The topological polar surface area (TPSA) is 77.4 Å². The molecular weight excluding hydrogens is 366 g/mol. The van der Waals surface area contributed by atoms with Gasteiger partial charge < -0.3 is 15.1 Å². The molecule has 2 aliphatic rings. The van der Waals surface area contributed by atoms with Crippen LogP contribution in [0.5, 0.6) is 0 Å². The number of benzene rings is 2. The molecule has 0 aromatic heterocycles. The van der Waals surface area contributed by atoms with Crippen LogP contribution in [0.4, 0.5) is 11.4 Å². The Bertz CT molecular complexity index is 1050. The number of hydrogen-bond acceptors (Lipinski definition) is 6. The first-order valence-electron chi connectivity index (χ1n) is 9.42. The third-order valence-electron chi connectivity index (χ3n) is 5.06. The molecule has 0 bridgehead atoms. The van der Waals surface area contributed by atoms with Gasteiger partial charge in [-0.15, -0.1) is 0 Å². The van der Waals surface area contributed by atoms with Gasteiger partial charge in [0.25, 0.3) is 0 Å². The normalized spacial score (nSPS) is 17.0. The number of carbonyl (C=O) groups is 2. The lowest BCUT2D eigenvalue weighted by atomic mass is 10.0. The molecule has 7 nitrogen and oxygen atoms in total. The molecule has 29 heavy (non-hydrogen) atoms. The van der Waals surface area contributed by atoms with Crippen LogP contribution in [0, 0.1) is 0 Å². The van der Waals surface area contributed by atoms with Crippen molar-refractivity contribution in [1.82, 2.24) is 4.90 Å². The Morgan fingerprint density at radius 3 is 2.45 bits per heavy atom. The van der Waals surface area contributed by atoms with E-state index in [0.717, 1.165) is 16.8 Å². The number of amides is 1. The minimum absolute atomic E-state index is 0.123. The van der Waals surface area contributed by atoms with Crippen molar-refractivity contribution in [3.8, 4) is 0 Å². The van der Waals surface area contributed by atoms with Crippen LogP contribution >= 0.6 is 0 Å². The molecule has 0 saturated carbocycles. The first-order valence-corrected chi connectivity index (χ1v) is 9.42. The fraction of sp³-hybridized carbons (Fsp3) is 0.273. The van der Waals surface area contributed by atoms with Crippen LogP contribution in [-0.2, 0) is 4.79 Å². The third-order valence-corrected chi connectivity index (χ3v) is 5.06. The smallest absolute Gasteiger partial charge is 0.238 e. The van der Waals surface area contributed by atoms with E-state index in [0.29, 0.717) is 22.5 Å². The number of hydrogen-bond donors (Lipinski definition) is 1. The summed E-state index contributed by atoms with van der Waals surface area (Å²) in [5, 5.41) is 11.6. The fourth-order valence-electron chi connectivity index (χ4n) is 3.70. The number of fused-ring (bicyclic) bond motifs is 3. The summed E-state index contributed by atoms with van der Waals surface area (Å²) in [4.78, 5) is 29.3. The van der Waals surface area contributed by atoms with E-state index in [2.05, 4.69) is 15.5 Å². The minimum Gasteiger partial charge on any atom is -0.378 e. The SMILES string of the molecule is CN(C)CC(=O)Nc1cccc2c1C(=O)C1=C(c3ccc(N(C)C)cc3)N=NC12. The molecule has 1 aliphatic heterocycles. The van der Waals surface area contributed by atoms with Crippen molar-refractivity contribution in [2.24, 2.45) is 10.2 Å². The lowest BCUT2D eigenvalue weighted by Crippen LogP contribution is -2.27. The van der Waals surface area contributed by atoms with Gasteiger partial charge in [0.05, 0.1) is 23.4 Å². The molecule has 2 aromatic rings. The number of ketones is 1. The van der Waals surface area contributed by atoms with Crippen LogP contribution in [0.1, 0.15) is 27.5 Å². The average molecular weight is 389 g/mol. The Morgan fingerprint density at radius 2 is 1.79 bits per heavy atom. The van der Waals surface area contributed by atoms with Crippen LogP contribution in [0.15, 0.2) is 58.3 Å². The van der Waals surface area contributed by atoms with Gasteiger partial charge in [0.1, 0.15) is 11.7 Å². The number of rotatable bonds is 5. The molecule has 1 atom stereocenters. The van der Waals surface area contributed by atoms with E-state index in [4.69, 9.17) is 0 Å². The summed E-state index contributed by atoms with van der Waals surface area (Å²) in [5.74, 6) is -0.286. The molecule has 148 valence electrons. The van der Waals surface area contributed by atoms with Crippen molar-refractivity contribution in [1.29, 1.82) is 0 Å². The second-order valence-corrected chi connectivity index (χ2v) is 7.71. The summed E-state index contributed by atoms with van der Waals surface area (Å²) < 4.78 is 0. The van der Waals surface area contributed by atoms with E-state index in [1.807, 2.05) is 69.5 Å². The molecule has 1 unspecified atom stereocenters. The zero-order valence-electron chi connectivity index (χ0n) is 16.9. The molecule has 0 saturated heterocycles. The molecule has 1 aliphatic carbocycles. The van der Waals surface area contributed by atoms with E-state index in [1.165, 1.54) is 0 Å². The van der Waals surface area contributed by atoms with E-state index in [9.17, 15) is 9.59 Å². The number of likely N-dealkylation sites (N-methyl/N-ethyl adjacent to an activating group) is 1. The number of Topliss-reactive ketones (excluding diaryl/α,β-unsaturated/α-hetero) is 1. The number of carbonyl (C=O) groups excluding carboxylic acids is 2. The Kier molecular flexibility index (Phi) is 4.76. The molecule has 0 spiro atoms. The standard InChI is InChI=1S/C22H23N5O2/c1-26(2)12-17(28)23-16-7-5-6-15-18(16)22(29)19-20(24-25-21(15)19)13-8-10-14(11-9-13)27(3)4/h5-11,21H,12H2,1-4H3,(H,23,28). The number of nitrogens with one attached hydrogen (secondary N) is 1. The maximum absolute atomic E-state index is 13.3. The van der Waals surface area contributed by atoms with Crippen LogP contribution in [0.2, 0.25) is 0 Å². The van der Waals surface area contributed by atoms with Gasteiger partial charge in [-0.3, -0.25) is 9.59 Å². The lowest BCUT2D eigenvalue weighted by molar-refractivity contribution is -0.116. The van der Waals surface area contributed by atoms with E-state index in [1.54, 1.807) is 11.0 Å². The first-order chi connectivity index (χ1) is 13.9. The van der Waals surface area contributed by atoms with E-state index >= 15 is 0 Å². The highest BCUT2D eigenvalue weighted by Gasteiger charge is 2.42. The van der Waals surface area contributed by atoms with Crippen LogP contribution in [0.3, 0.4) is 0 Å². The van der Waals surface area contributed by atoms with Crippen molar-refractivity contribution in [2.45, 2.75) is 6.04 Å². The second-order valence-electron chi connectivity index (χ2n) is 7.71. The zero-order chi connectivity index (χ0) is 20.7. The first kappa shape index (κ1) is 19.0. The van der Waals surface area contributed by atoms with Gasteiger partial charge in [-0.05, 0) is 37.9 Å². The number of azo groups is 1. The van der Waals surface area contributed by atoms with E-state index in [-0.39, 0.29) is 18.2 Å². The highest BCUT2D eigenvalue weighted by atomic mass is 16.2. The van der Waals surface area contributed by atoms with Crippen molar-refractivity contribution in [3.05, 3.63) is 64.7 Å². The highest BCUT2D eigenvalue weighted by Crippen LogP contribution is 2.48. The van der Waals surface area contributed by atoms with Gasteiger partial charge in [-0.25, -0.2) is 0 Å². The predicted octanol–water partition coefficient (Wildman–Crippen LogP) is 3.37. The summed E-state index contributed by atoms with van der Waals surface area (Å²) >= 11 is 0. The number of nitrogens with zero attached hydrogens (tertiary/aromatic N) is 4. The van der Waals surface area contributed by atoms with Crippen LogP contribution in [0.25, 0.3) is 5.70 Å². The van der Waals surface area contributed by atoms with Crippen molar-refractivity contribution in [2.75, 3.05) is 45.0 Å². The Balaban J connectivity index is 1.71. The van der Waals surface area contributed by atoms with Gasteiger partial charge in [0.15, 0.2) is 5.78 Å². The van der Waals surface area contributed by atoms with Crippen molar-refractivity contribution >= 4 is 28.8 Å². The summed E-state index contributed by atoms with van der Waals surface area (Å²) in [6, 6.07) is 12.9. The zero-order valence-corrected chi connectivity index (χ0v) is 16.9. The monoisotopic (exact) mass is 389 g/mol. The van der Waals surface area contributed by atoms with Gasteiger partial charge in [0, 0.05) is 25.3 Å².